The van der Waals surface area contributed by atoms with Gasteiger partial charge >= 0.3 is 5.97 Å². The molecular weight excluding hydrogens is 228 g/mol. The second-order valence-electron chi connectivity index (χ2n) is 3.47. The molecule has 2 atom stereocenters. The summed E-state index contributed by atoms with van der Waals surface area (Å²) in [5.74, 6) is -1.23. The number of carboxylic acid groups (broad SMARTS) is 1. The zero-order valence-corrected chi connectivity index (χ0v) is 9.44. The lowest BCUT2D eigenvalue weighted by Crippen LogP contribution is -2.35. The topological polar surface area (TPSA) is 106 Å². The van der Waals surface area contributed by atoms with Crippen LogP contribution in [0.25, 0.3) is 0 Å². The molecule has 0 radical (unpaired) electrons. The van der Waals surface area contributed by atoms with Crippen molar-refractivity contribution in [1.82, 2.24) is 0 Å². The minimum atomic E-state index is -1.07. The number of aliphatic carboxylic acids is 1. The van der Waals surface area contributed by atoms with Crippen LogP contribution in [0.1, 0.15) is 22.5 Å². The monoisotopic (exact) mass is 242 g/mol. The lowest BCUT2D eigenvalue weighted by atomic mass is 10.0. The van der Waals surface area contributed by atoms with Gasteiger partial charge in [-0.1, -0.05) is 6.07 Å². The van der Waals surface area contributed by atoms with E-state index in [9.17, 15) is 9.59 Å². The lowest BCUT2D eigenvalue weighted by Gasteiger charge is -2.11. The van der Waals surface area contributed by atoms with Crippen LogP contribution in [-0.4, -0.2) is 28.9 Å². The SMILES string of the molecule is NC(CC[C@H](N)C(=O)O)C(=O)c1cccs1. The van der Waals surface area contributed by atoms with E-state index in [4.69, 9.17) is 16.6 Å². The van der Waals surface area contributed by atoms with E-state index in [0.29, 0.717) is 4.88 Å². The van der Waals surface area contributed by atoms with Gasteiger partial charge in [-0.2, -0.15) is 0 Å². The predicted molar refractivity (Wildman–Crippen MR) is 61.5 cm³/mol. The van der Waals surface area contributed by atoms with Crippen LogP contribution in [0.4, 0.5) is 0 Å². The van der Waals surface area contributed by atoms with Gasteiger partial charge in [0.2, 0.25) is 0 Å². The Morgan fingerprint density at radius 2 is 1.94 bits per heavy atom. The number of thiophene rings is 1. The molecule has 1 rings (SSSR count). The summed E-state index contributed by atoms with van der Waals surface area (Å²) < 4.78 is 0. The molecule has 1 aromatic rings. The van der Waals surface area contributed by atoms with Gasteiger partial charge in [0.25, 0.3) is 0 Å². The number of ketones is 1. The van der Waals surface area contributed by atoms with Gasteiger partial charge in [-0.25, -0.2) is 0 Å². The summed E-state index contributed by atoms with van der Waals surface area (Å²) in [7, 11) is 0. The van der Waals surface area contributed by atoms with E-state index in [0.717, 1.165) is 0 Å². The van der Waals surface area contributed by atoms with Crippen LogP contribution >= 0.6 is 11.3 Å². The maximum absolute atomic E-state index is 11.7. The molecule has 5 N–H and O–H groups in total. The molecule has 0 aromatic carbocycles. The molecule has 88 valence electrons. The average molecular weight is 242 g/mol. The highest BCUT2D eigenvalue weighted by molar-refractivity contribution is 7.12. The number of carbonyl (C=O) groups excluding carboxylic acids is 1. The van der Waals surface area contributed by atoms with E-state index in [1.807, 2.05) is 0 Å². The standard InChI is InChI=1S/C10H14N2O3S/c11-6(3-4-7(12)10(14)15)9(13)8-2-1-5-16-8/h1-2,5-7H,3-4,11-12H2,(H,14,15)/t6?,7-/m0/s1. The molecule has 16 heavy (non-hydrogen) atoms. The highest BCUT2D eigenvalue weighted by atomic mass is 32.1. The number of hydrogen-bond acceptors (Lipinski definition) is 5. The minimum Gasteiger partial charge on any atom is -0.480 e. The van der Waals surface area contributed by atoms with Crippen molar-refractivity contribution >= 4 is 23.1 Å². The van der Waals surface area contributed by atoms with E-state index >= 15 is 0 Å². The molecule has 6 heteroatoms. The first kappa shape index (κ1) is 12.8. The van der Waals surface area contributed by atoms with Crippen LogP contribution in [0, 0.1) is 0 Å². The fourth-order valence-electron chi connectivity index (χ4n) is 1.22. The first-order valence-corrected chi connectivity index (χ1v) is 5.72. The first-order valence-electron chi connectivity index (χ1n) is 4.84. The Balaban J connectivity index is 2.44. The molecule has 0 saturated heterocycles. The highest BCUT2D eigenvalue weighted by Crippen LogP contribution is 2.13. The molecule has 0 aliphatic heterocycles. The van der Waals surface area contributed by atoms with Gasteiger partial charge in [-0.3, -0.25) is 9.59 Å². The van der Waals surface area contributed by atoms with Crippen molar-refractivity contribution in [2.75, 3.05) is 0 Å². The summed E-state index contributed by atoms with van der Waals surface area (Å²) >= 11 is 1.32. The zero-order valence-electron chi connectivity index (χ0n) is 8.63. The molecule has 1 heterocycles. The van der Waals surface area contributed by atoms with E-state index in [1.54, 1.807) is 17.5 Å². The maximum Gasteiger partial charge on any atom is 0.320 e. The molecule has 0 bridgehead atoms. The van der Waals surface area contributed by atoms with Crippen molar-refractivity contribution < 1.29 is 14.7 Å². The Labute approximate surface area is 97.1 Å². The molecular formula is C10H14N2O3S. The van der Waals surface area contributed by atoms with Crippen molar-refractivity contribution in [2.24, 2.45) is 11.5 Å². The highest BCUT2D eigenvalue weighted by Gasteiger charge is 2.19. The van der Waals surface area contributed by atoms with Crippen LogP contribution in [0.15, 0.2) is 17.5 Å². The number of rotatable bonds is 6. The van der Waals surface area contributed by atoms with Crippen molar-refractivity contribution in [1.29, 1.82) is 0 Å². The Hall–Kier alpha value is -1.24. The van der Waals surface area contributed by atoms with Crippen LogP contribution < -0.4 is 11.5 Å². The molecule has 0 aliphatic rings. The molecule has 1 aromatic heterocycles. The van der Waals surface area contributed by atoms with Crippen molar-refractivity contribution in [3.63, 3.8) is 0 Å². The van der Waals surface area contributed by atoms with E-state index < -0.39 is 18.1 Å². The third-order valence-electron chi connectivity index (χ3n) is 2.21. The third-order valence-corrected chi connectivity index (χ3v) is 3.09. The summed E-state index contributed by atoms with van der Waals surface area (Å²) in [6.45, 7) is 0. The lowest BCUT2D eigenvalue weighted by molar-refractivity contribution is -0.138. The summed E-state index contributed by atoms with van der Waals surface area (Å²) in [6.07, 6.45) is 0.484. The van der Waals surface area contributed by atoms with Gasteiger partial charge in [0.1, 0.15) is 6.04 Å². The molecule has 0 spiro atoms. The second kappa shape index (κ2) is 5.74. The quantitative estimate of drug-likeness (QED) is 0.628. The number of hydrogen-bond donors (Lipinski definition) is 3. The van der Waals surface area contributed by atoms with E-state index in [1.165, 1.54) is 11.3 Å². The zero-order chi connectivity index (χ0) is 12.1. The average Bonchev–Trinajstić information content (AvgIpc) is 2.77. The summed E-state index contributed by atoms with van der Waals surface area (Å²) in [4.78, 5) is 22.7. The summed E-state index contributed by atoms with van der Waals surface area (Å²) in [6, 6.07) is 1.84. The molecule has 0 saturated carbocycles. The van der Waals surface area contributed by atoms with Gasteiger partial charge in [0.05, 0.1) is 10.9 Å². The maximum atomic E-state index is 11.7. The number of Topliss-reactive ketones (excluding diaryl/α,β-unsaturated/α-hetero) is 1. The Morgan fingerprint density at radius 3 is 2.44 bits per heavy atom. The summed E-state index contributed by atoms with van der Waals surface area (Å²) in [5, 5.41) is 10.4. The van der Waals surface area contributed by atoms with Gasteiger partial charge in [0.15, 0.2) is 5.78 Å². The molecule has 0 amide bonds. The molecule has 1 unspecified atom stereocenters. The van der Waals surface area contributed by atoms with Crippen molar-refractivity contribution in [2.45, 2.75) is 24.9 Å². The van der Waals surface area contributed by atoms with E-state index in [2.05, 4.69) is 0 Å². The van der Waals surface area contributed by atoms with Crippen LogP contribution in [0.5, 0.6) is 0 Å². The third kappa shape index (κ3) is 3.41. The van der Waals surface area contributed by atoms with E-state index in [-0.39, 0.29) is 18.6 Å². The van der Waals surface area contributed by atoms with Crippen LogP contribution in [0.2, 0.25) is 0 Å². The first-order chi connectivity index (χ1) is 7.52. The fourth-order valence-corrected chi connectivity index (χ4v) is 1.94. The smallest absolute Gasteiger partial charge is 0.320 e. The molecule has 5 nitrogen and oxygen atoms in total. The summed E-state index contributed by atoms with van der Waals surface area (Å²) in [5.41, 5.74) is 11.0. The fraction of sp³-hybridized carbons (Fsp3) is 0.400. The number of carboxylic acids is 1. The Kier molecular flexibility index (Phi) is 4.60. The van der Waals surface area contributed by atoms with Crippen molar-refractivity contribution in [3.05, 3.63) is 22.4 Å². The normalized spacial score (nSPS) is 14.4. The molecule has 0 aliphatic carbocycles. The predicted octanol–water partition coefficient (Wildman–Crippen LogP) is 0.450. The van der Waals surface area contributed by atoms with Gasteiger partial charge < -0.3 is 16.6 Å². The number of nitrogens with two attached hydrogens (primary N) is 2. The van der Waals surface area contributed by atoms with Crippen LogP contribution in [-0.2, 0) is 4.79 Å². The van der Waals surface area contributed by atoms with Crippen molar-refractivity contribution in [3.8, 4) is 0 Å². The Morgan fingerprint density at radius 1 is 1.31 bits per heavy atom. The number of carbonyl (C=O) groups is 2. The van der Waals surface area contributed by atoms with Gasteiger partial charge in [-0.15, -0.1) is 11.3 Å². The second-order valence-corrected chi connectivity index (χ2v) is 4.42. The minimum absolute atomic E-state index is 0.160. The molecule has 0 fully saturated rings. The van der Waals surface area contributed by atoms with Gasteiger partial charge in [0, 0.05) is 0 Å². The Bertz CT molecular complexity index is 364. The van der Waals surface area contributed by atoms with Crippen LogP contribution in [0.3, 0.4) is 0 Å². The largest absolute Gasteiger partial charge is 0.480 e. The van der Waals surface area contributed by atoms with Gasteiger partial charge in [-0.05, 0) is 24.3 Å².